The molecule has 3 aromatic rings. The second kappa shape index (κ2) is 6.76. The van der Waals surface area contributed by atoms with Crippen molar-refractivity contribution in [3.05, 3.63) is 63.8 Å². The quantitative estimate of drug-likeness (QED) is 0.647. The van der Waals surface area contributed by atoms with Crippen molar-refractivity contribution in [2.75, 3.05) is 6.61 Å². The van der Waals surface area contributed by atoms with Crippen LogP contribution in [0.4, 0.5) is 4.79 Å². The summed E-state index contributed by atoms with van der Waals surface area (Å²) in [5, 5.41) is 0.603. The third-order valence-electron chi connectivity index (χ3n) is 3.29. The lowest BCUT2D eigenvalue weighted by atomic mass is 10.1. The molecule has 0 spiro atoms. The Morgan fingerprint density at radius 2 is 1.92 bits per heavy atom. The van der Waals surface area contributed by atoms with Crippen LogP contribution in [-0.2, 0) is 4.74 Å². The highest BCUT2D eigenvalue weighted by molar-refractivity contribution is 6.31. The number of fused-ring (bicyclic) bond motifs is 1. The molecule has 0 fully saturated rings. The van der Waals surface area contributed by atoms with E-state index in [1.807, 2.05) is 6.07 Å². The van der Waals surface area contributed by atoms with E-state index in [1.165, 1.54) is 6.07 Å². The third-order valence-corrected chi connectivity index (χ3v) is 3.53. The van der Waals surface area contributed by atoms with Gasteiger partial charge in [-0.2, -0.15) is 0 Å². The number of halogens is 1. The Balaban J connectivity index is 2.26. The number of rotatable bonds is 3. The molecule has 0 radical (unpaired) electrons. The lowest BCUT2D eigenvalue weighted by Gasteiger charge is -2.10. The van der Waals surface area contributed by atoms with Gasteiger partial charge in [0.05, 0.1) is 12.0 Å². The normalized spacial score (nSPS) is 10.6. The predicted octanol–water partition coefficient (Wildman–Crippen LogP) is 4.65. The van der Waals surface area contributed by atoms with Gasteiger partial charge in [0, 0.05) is 10.6 Å². The second-order valence-corrected chi connectivity index (χ2v) is 5.32. The molecule has 0 unspecified atom stereocenters. The summed E-state index contributed by atoms with van der Waals surface area (Å²) in [6, 6.07) is 13.6. The molecule has 1 heterocycles. The number of hydrogen-bond donors (Lipinski definition) is 0. The average Bonchev–Trinajstić information content (AvgIpc) is 2.59. The molecule has 1 aromatic heterocycles. The van der Waals surface area contributed by atoms with Crippen LogP contribution >= 0.6 is 11.6 Å². The van der Waals surface area contributed by atoms with Crippen molar-refractivity contribution >= 4 is 28.7 Å². The lowest BCUT2D eigenvalue weighted by Crippen LogP contribution is -2.17. The Bertz CT molecular complexity index is 947. The molecule has 24 heavy (non-hydrogen) atoms. The Kier molecular flexibility index (Phi) is 4.53. The van der Waals surface area contributed by atoms with Crippen LogP contribution in [0.15, 0.2) is 57.7 Å². The summed E-state index contributed by atoms with van der Waals surface area (Å²) in [5.41, 5.74) is 0.455. The first kappa shape index (κ1) is 16.1. The van der Waals surface area contributed by atoms with Crippen LogP contribution in [-0.4, -0.2) is 12.8 Å². The summed E-state index contributed by atoms with van der Waals surface area (Å²) in [7, 11) is 0. The van der Waals surface area contributed by atoms with Crippen LogP contribution < -0.4 is 10.2 Å². The monoisotopic (exact) mass is 344 g/mol. The van der Waals surface area contributed by atoms with Crippen LogP contribution in [0.25, 0.3) is 22.3 Å². The summed E-state index contributed by atoms with van der Waals surface area (Å²) < 4.78 is 15.7. The predicted molar refractivity (Wildman–Crippen MR) is 90.6 cm³/mol. The highest BCUT2D eigenvalue weighted by Crippen LogP contribution is 2.31. The Morgan fingerprint density at radius 3 is 2.62 bits per heavy atom. The van der Waals surface area contributed by atoms with E-state index in [0.717, 1.165) is 0 Å². The van der Waals surface area contributed by atoms with E-state index < -0.39 is 11.6 Å². The summed E-state index contributed by atoms with van der Waals surface area (Å²) >= 11 is 5.94. The van der Waals surface area contributed by atoms with Crippen molar-refractivity contribution in [2.24, 2.45) is 0 Å². The van der Waals surface area contributed by atoms with Gasteiger partial charge in [-0.15, -0.1) is 0 Å². The van der Waals surface area contributed by atoms with Gasteiger partial charge < -0.3 is 13.9 Å². The minimum Gasteiger partial charge on any atom is -0.452 e. The van der Waals surface area contributed by atoms with E-state index >= 15 is 0 Å². The summed E-state index contributed by atoms with van der Waals surface area (Å²) in [5.74, 6) is -0.0714. The molecule has 0 amide bonds. The van der Waals surface area contributed by atoms with E-state index in [4.69, 9.17) is 25.5 Å². The molecule has 0 N–H and O–H groups in total. The van der Waals surface area contributed by atoms with Crippen LogP contribution in [0.3, 0.4) is 0 Å². The van der Waals surface area contributed by atoms with Gasteiger partial charge in [-0.05, 0) is 25.1 Å². The molecule has 0 atom stereocenters. The first-order valence-corrected chi connectivity index (χ1v) is 7.64. The molecule has 0 aliphatic rings. The number of benzene rings is 2. The topological polar surface area (TPSA) is 65.7 Å². The molecule has 2 aromatic carbocycles. The second-order valence-electron chi connectivity index (χ2n) is 4.88. The highest BCUT2D eigenvalue weighted by atomic mass is 35.5. The van der Waals surface area contributed by atoms with Gasteiger partial charge in [0.2, 0.25) is 11.2 Å². The molecular formula is C18H13ClO5. The molecule has 0 aliphatic carbocycles. The molecule has 0 bridgehead atoms. The zero-order chi connectivity index (χ0) is 17.1. The van der Waals surface area contributed by atoms with Crippen LogP contribution in [0.2, 0.25) is 5.02 Å². The fourth-order valence-corrected chi connectivity index (χ4v) is 2.43. The van der Waals surface area contributed by atoms with Crippen LogP contribution in [0.1, 0.15) is 6.92 Å². The molecule has 0 saturated heterocycles. The first-order valence-electron chi connectivity index (χ1n) is 7.26. The highest BCUT2D eigenvalue weighted by Gasteiger charge is 2.21. The Morgan fingerprint density at radius 1 is 1.17 bits per heavy atom. The molecule has 5 nitrogen and oxygen atoms in total. The number of carbonyl (C=O) groups excluding carboxylic acids is 1. The largest absolute Gasteiger partial charge is 0.514 e. The number of hydrogen-bond acceptors (Lipinski definition) is 5. The average molecular weight is 345 g/mol. The van der Waals surface area contributed by atoms with Crippen LogP contribution in [0, 0.1) is 0 Å². The maximum absolute atomic E-state index is 12.8. The van der Waals surface area contributed by atoms with Gasteiger partial charge in [-0.1, -0.05) is 41.9 Å². The molecule has 0 saturated carbocycles. The summed E-state index contributed by atoms with van der Waals surface area (Å²) in [6.45, 7) is 1.77. The van der Waals surface area contributed by atoms with Crippen molar-refractivity contribution in [1.29, 1.82) is 0 Å². The number of carbonyl (C=O) groups is 1. The van der Waals surface area contributed by atoms with Gasteiger partial charge >= 0.3 is 6.16 Å². The van der Waals surface area contributed by atoms with Gasteiger partial charge in [-0.3, -0.25) is 4.79 Å². The fraction of sp³-hybridized carbons (Fsp3) is 0.111. The Labute approximate surface area is 142 Å². The summed E-state index contributed by atoms with van der Waals surface area (Å²) in [4.78, 5) is 24.5. The summed E-state index contributed by atoms with van der Waals surface area (Å²) in [6.07, 6.45) is -0.969. The fourth-order valence-electron chi connectivity index (χ4n) is 2.25. The SMILES string of the molecule is CCOC(=O)Oc1c(-c2ccccc2)oc2ccc(Cl)cc2c1=O. The van der Waals surface area contributed by atoms with Crippen LogP contribution in [0.5, 0.6) is 5.75 Å². The third kappa shape index (κ3) is 3.12. The standard InChI is InChI=1S/C18H13ClO5/c1-2-22-18(21)24-17-15(20)13-10-12(19)8-9-14(13)23-16(17)11-6-4-3-5-7-11/h3-10H,2H2,1H3. The maximum Gasteiger partial charge on any atom is 0.514 e. The molecule has 122 valence electrons. The lowest BCUT2D eigenvalue weighted by molar-refractivity contribution is 0.103. The minimum absolute atomic E-state index is 0.129. The van der Waals surface area contributed by atoms with Crippen molar-refractivity contribution in [3.8, 4) is 17.1 Å². The smallest absolute Gasteiger partial charge is 0.452 e. The zero-order valence-corrected chi connectivity index (χ0v) is 13.5. The molecule has 6 heteroatoms. The first-order chi connectivity index (χ1) is 11.6. The zero-order valence-electron chi connectivity index (χ0n) is 12.7. The molecule has 0 aliphatic heterocycles. The van der Waals surface area contributed by atoms with E-state index in [2.05, 4.69) is 0 Å². The Hall–Kier alpha value is -2.79. The van der Waals surface area contributed by atoms with E-state index in [-0.39, 0.29) is 23.5 Å². The van der Waals surface area contributed by atoms with E-state index in [0.29, 0.717) is 16.2 Å². The molecule has 3 rings (SSSR count). The van der Waals surface area contributed by atoms with E-state index in [1.54, 1.807) is 43.3 Å². The van der Waals surface area contributed by atoms with Gasteiger partial charge in [0.1, 0.15) is 5.58 Å². The van der Waals surface area contributed by atoms with Gasteiger partial charge in [-0.25, -0.2) is 4.79 Å². The van der Waals surface area contributed by atoms with Gasteiger partial charge in [0.15, 0.2) is 5.76 Å². The minimum atomic E-state index is -0.969. The van der Waals surface area contributed by atoms with Gasteiger partial charge in [0.25, 0.3) is 0 Å². The maximum atomic E-state index is 12.8. The number of ether oxygens (including phenoxy) is 2. The van der Waals surface area contributed by atoms with Crippen molar-refractivity contribution in [1.82, 2.24) is 0 Å². The molecular weight excluding hydrogens is 332 g/mol. The van der Waals surface area contributed by atoms with Crippen molar-refractivity contribution in [2.45, 2.75) is 6.92 Å². The van der Waals surface area contributed by atoms with E-state index in [9.17, 15) is 9.59 Å². The van der Waals surface area contributed by atoms with Crippen molar-refractivity contribution < 1.29 is 18.7 Å². The van der Waals surface area contributed by atoms with Crippen molar-refractivity contribution in [3.63, 3.8) is 0 Å².